The van der Waals surface area contributed by atoms with Gasteiger partial charge >= 0.3 is 0 Å². The number of hydrogen-bond acceptors (Lipinski definition) is 5. The Hall–Kier alpha value is -2.38. The number of carbonyl (C=O) groups excluding carboxylic acids is 1. The number of benzene rings is 2. The van der Waals surface area contributed by atoms with Crippen molar-refractivity contribution in [3.63, 3.8) is 0 Å². The monoisotopic (exact) mass is 401 g/mol. The van der Waals surface area contributed by atoms with E-state index in [1.54, 1.807) is 36.4 Å². The lowest BCUT2D eigenvalue weighted by molar-refractivity contribution is -0.118. The van der Waals surface area contributed by atoms with Gasteiger partial charge in [-0.2, -0.15) is 0 Å². The van der Waals surface area contributed by atoms with Crippen LogP contribution in [-0.4, -0.2) is 47.0 Å². The van der Waals surface area contributed by atoms with Crippen LogP contribution in [0.3, 0.4) is 0 Å². The third kappa shape index (κ3) is 4.91. The average molecular weight is 402 g/mol. The number of hydrogen-bond donors (Lipinski definition) is 2. The number of sulfone groups is 1. The van der Waals surface area contributed by atoms with Gasteiger partial charge < -0.3 is 15.5 Å². The quantitative estimate of drug-likeness (QED) is 0.774. The second kappa shape index (κ2) is 9.21. The van der Waals surface area contributed by atoms with Gasteiger partial charge in [0.05, 0.1) is 9.79 Å². The summed E-state index contributed by atoms with van der Waals surface area (Å²) in [7, 11) is -3.62. The van der Waals surface area contributed by atoms with Crippen molar-refractivity contribution in [2.45, 2.75) is 29.6 Å². The minimum atomic E-state index is -3.62. The van der Waals surface area contributed by atoms with Crippen LogP contribution in [0.15, 0.2) is 58.3 Å². The Morgan fingerprint density at radius 3 is 2.64 bits per heavy atom. The predicted molar refractivity (Wildman–Crippen MR) is 110 cm³/mol. The number of rotatable bonds is 6. The smallest absolute Gasteiger partial charge is 0.216 e. The summed E-state index contributed by atoms with van der Waals surface area (Å²) in [4.78, 5) is 14.1. The maximum Gasteiger partial charge on any atom is 0.216 e. The molecule has 1 amide bonds. The Labute approximate surface area is 166 Å². The lowest BCUT2D eigenvalue weighted by Crippen LogP contribution is -2.28. The summed E-state index contributed by atoms with van der Waals surface area (Å²) >= 11 is 0. The molecule has 0 aliphatic carbocycles. The van der Waals surface area contributed by atoms with Crippen molar-refractivity contribution < 1.29 is 13.2 Å². The second-order valence-electron chi connectivity index (χ2n) is 6.93. The first-order chi connectivity index (χ1) is 13.5. The van der Waals surface area contributed by atoms with Gasteiger partial charge in [-0.05, 0) is 55.3 Å². The zero-order valence-electron chi connectivity index (χ0n) is 16.1. The van der Waals surface area contributed by atoms with Crippen molar-refractivity contribution in [1.29, 1.82) is 0 Å². The van der Waals surface area contributed by atoms with E-state index in [2.05, 4.69) is 15.5 Å². The predicted octanol–water partition coefficient (Wildman–Crippen LogP) is 2.00. The maximum atomic E-state index is 13.2. The van der Waals surface area contributed by atoms with Crippen LogP contribution >= 0.6 is 0 Å². The highest BCUT2D eigenvalue weighted by atomic mass is 32.2. The van der Waals surface area contributed by atoms with Gasteiger partial charge in [0.15, 0.2) is 0 Å². The summed E-state index contributed by atoms with van der Waals surface area (Å²) in [5.74, 6) is -0.123. The van der Waals surface area contributed by atoms with Crippen molar-refractivity contribution in [3.05, 3.63) is 54.1 Å². The maximum absolute atomic E-state index is 13.2. The van der Waals surface area contributed by atoms with Crippen molar-refractivity contribution in [1.82, 2.24) is 10.6 Å². The molecule has 0 spiro atoms. The number of nitrogens with zero attached hydrogens (tertiary/aromatic N) is 1. The fourth-order valence-corrected chi connectivity index (χ4v) is 4.95. The Morgan fingerprint density at radius 1 is 1.11 bits per heavy atom. The summed E-state index contributed by atoms with van der Waals surface area (Å²) in [5, 5.41) is 6.14. The first-order valence-electron chi connectivity index (χ1n) is 9.61. The van der Waals surface area contributed by atoms with E-state index in [1.807, 2.05) is 12.1 Å². The highest BCUT2D eigenvalue weighted by molar-refractivity contribution is 7.91. The molecular weight excluding hydrogens is 374 g/mol. The van der Waals surface area contributed by atoms with E-state index in [1.165, 1.54) is 6.92 Å². The molecule has 1 heterocycles. The molecule has 1 aliphatic rings. The van der Waals surface area contributed by atoms with E-state index in [9.17, 15) is 13.2 Å². The van der Waals surface area contributed by atoms with Gasteiger partial charge in [-0.3, -0.25) is 4.79 Å². The SMILES string of the molecule is CC(=O)NCCc1cc(N2CCCNCC2)ccc1S(=O)(=O)c1ccccc1. The lowest BCUT2D eigenvalue weighted by atomic mass is 10.1. The van der Waals surface area contributed by atoms with Crippen molar-refractivity contribution in [2.24, 2.45) is 0 Å². The zero-order chi connectivity index (χ0) is 20.0. The molecular formula is C21H27N3O3S. The molecule has 0 atom stereocenters. The number of amides is 1. The summed E-state index contributed by atoms with van der Waals surface area (Å²) in [5.41, 5.74) is 1.75. The Morgan fingerprint density at radius 2 is 1.89 bits per heavy atom. The number of carbonyl (C=O) groups is 1. The van der Waals surface area contributed by atoms with Gasteiger partial charge in [-0.25, -0.2) is 8.42 Å². The van der Waals surface area contributed by atoms with Crippen LogP contribution in [0.5, 0.6) is 0 Å². The molecule has 1 fully saturated rings. The Kier molecular flexibility index (Phi) is 6.70. The molecule has 1 aliphatic heterocycles. The molecule has 2 aromatic rings. The molecule has 1 saturated heterocycles. The third-order valence-electron chi connectivity index (χ3n) is 4.86. The minimum Gasteiger partial charge on any atom is -0.370 e. The molecule has 0 radical (unpaired) electrons. The molecule has 0 aromatic heterocycles. The van der Waals surface area contributed by atoms with Crippen LogP contribution in [0, 0.1) is 0 Å². The number of nitrogens with one attached hydrogen (secondary N) is 2. The molecule has 0 saturated carbocycles. The van der Waals surface area contributed by atoms with Crippen LogP contribution < -0.4 is 15.5 Å². The van der Waals surface area contributed by atoms with Gasteiger partial charge in [-0.15, -0.1) is 0 Å². The first kappa shape index (κ1) is 20.4. The molecule has 2 aromatic carbocycles. The second-order valence-corrected chi connectivity index (χ2v) is 8.85. The lowest BCUT2D eigenvalue weighted by Gasteiger charge is -2.24. The molecule has 0 unspecified atom stereocenters. The standard InChI is InChI=1S/C21H27N3O3S/c1-17(25)23-12-10-18-16-19(24-14-5-11-22-13-15-24)8-9-21(18)28(26,27)20-6-3-2-4-7-20/h2-4,6-9,16,22H,5,10-15H2,1H3,(H,23,25). The average Bonchev–Trinajstić information content (AvgIpc) is 2.98. The van der Waals surface area contributed by atoms with E-state index < -0.39 is 9.84 Å². The van der Waals surface area contributed by atoms with Gasteiger partial charge in [0.25, 0.3) is 0 Å². The first-order valence-corrected chi connectivity index (χ1v) is 11.1. The molecule has 28 heavy (non-hydrogen) atoms. The minimum absolute atomic E-state index is 0.123. The third-order valence-corrected chi connectivity index (χ3v) is 6.73. The van der Waals surface area contributed by atoms with Crippen molar-refractivity contribution in [2.75, 3.05) is 37.6 Å². The molecule has 6 nitrogen and oxygen atoms in total. The van der Waals surface area contributed by atoms with Gasteiger partial charge in [0.2, 0.25) is 15.7 Å². The highest BCUT2D eigenvalue weighted by Crippen LogP contribution is 2.28. The Balaban J connectivity index is 1.97. The van der Waals surface area contributed by atoms with E-state index in [-0.39, 0.29) is 10.8 Å². The van der Waals surface area contributed by atoms with Gasteiger partial charge in [0, 0.05) is 38.8 Å². The topological polar surface area (TPSA) is 78.5 Å². The largest absolute Gasteiger partial charge is 0.370 e. The Bertz CT molecular complexity index is 906. The van der Waals surface area contributed by atoms with Gasteiger partial charge in [0.1, 0.15) is 0 Å². The summed E-state index contributed by atoms with van der Waals surface area (Å²) in [6, 6.07) is 14.0. The van der Waals surface area contributed by atoms with E-state index in [0.29, 0.717) is 17.9 Å². The van der Waals surface area contributed by atoms with Crippen LogP contribution in [-0.2, 0) is 21.1 Å². The van der Waals surface area contributed by atoms with Crippen LogP contribution in [0.1, 0.15) is 18.9 Å². The van der Waals surface area contributed by atoms with Crippen molar-refractivity contribution >= 4 is 21.4 Å². The van der Waals surface area contributed by atoms with E-state index in [4.69, 9.17) is 0 Å². The molecule has 2 N–H and O–H groups in total. The van der Waals surface area contributed by atoms with E-state index >= 15 is 0 Å². The molecule has 0 bridgehead atoms. The molecule has 7 heteroatoms. The summed E-state index contributed by atoms with van der Waals surface area (Å²) < 4.78 is 26.4. The van der Waals surface area contributed by atoms with Gasteiger partial charge in [-0.1, -0.05) is 18.2 Å². The normalized spacial score (nSPS) is 15.1. The summed E-state index contributed by atoms with van der Waals surface area (Å²) in [6.45, 7) is 5.58. The van der Waals surface area contributed by atoms with Crippen molar-refractivity contribution in [3.8, 4) is 0 Å². The zero-order valence-corrected chi connectivity index (χ0v) is 17.0. The molecule has 150 valence electrons. The fraction of sp³-hybridized carbons (Fsp3) is 0.381. The highest BCUT2D eigenvalue weighted by Gasteiger charge is 2.22. The van der Waals surface area contributed by atoms with E-state index in [0.717, 1.165) is 43.9 Å². The van der Waals surface area contributed by atoms with Crippen LogP contribution in [0.25, 0.3) is 0 Å². The number of anilines is 1. The molecule has 3 rings (SSSR count). The summed E-state index contributed by atoms with van der Waals surface area (Å²) in [6.07, 6.45) is 1.51. The van der Waals surface area contributed by atoms with Crippen LogP contribution in [0.4, 0.5) is 5.69 Å². The van der Waals surface area contributed by atoms with Crippen LogP contribution in [0.2, 0.25) is 0 Å². The fourth-order valence-electron chi connectivity index (χ4n) is 3.42.